The SMILES string of the molecule is COC(=O)Cc1cc(=O)c2cc(OC)cc(OC)c2[nH]1. The van der Waals surface area contributed by atoms with Crippen LogP contribution in [0.25, 0.3) is 10.9 Å². The van der Waals surface area contributed by atoms with Crippen LogP contribution in [-0.4, -0.2) is 32.3 Å². The molecule has 1 N–H and O–H groups in total. The van der Waals surface area contributed by atoms with Gasteiger partial charge < -0.3 is 19.2 Å². The third kappa shape index (κ3) is 2.59. The van der Waals surface area contributed by atoms with Gasteiger partial charge in [-0.05, 0) is 6.07 Å². The zero-order valence-electron chi connectivity index (χ0n) is 11.5. The first-order valence-electron chi connectivity index (χ1n) is 5.93. The molecular weight excluding hydrogens is 262 g/mol. The van der Waals surface area contributed by atoms with Crippen LogP contribution in [0.15, 0.2) is 23.0 Å². The van der Waals surface area contributed by atoms with E-state index in [1.54, 1.807) is 12.1 Å². The highest BCUT2D eigenvalue weighted by Crippen LogP contribution is 2.28. The minimum Gasteiger partial charge on any atom is -0.497 e. The molecule has 0 saturated heterocycles. The van der Waals surface area contributed by atoms with Crippen molar-refractivity contribution in [3.05, 3.63) is 34.1 Å². The van der Waals surface area contributed by atoms with E-state index < -0.39 is 5.97 Å². The predicted molar refractivity (Wildman–Crippen MR) is 73.4 cm³/mol. The molecule has 1 aromatic carbocycles. The van der Waals surface area contributed by atoms with E-state index in [9.17, 15) is 9.59 Å². The summed E-state index contributed by atoms with van der Waals surface area (Å²) < 4.78 is 15.0. The summed E-state index contributed by atoms with van der Waals surface area (Å²) >= 11 is 0. The molecule has 0 aliphatic carbocycles. The number of carbonyl (C=O) groups excluding carboxylic acids is 1. The molecule has 0 fully saturated rings. The average molecular weight is 277 g/mol. The van der Waals surface area contributed by atoms with E-state index in [1.807, 2.05) is 0 Å². The molecule has 1 aromatic heterocycles. The summed E-state index contributed by atoms with van der Waals surface area (Å²) in [6.07, 6.45) is -0.00311. The number of hydrogen-bond acceptors (Lipinski definition) is 5. The first-order valence-corrected chi connectivity index (χ1v) is 5.93. The van der Waals surface area contributed by atoms with Gasteiger partial charge in [-0.2, -0.15) is 0 Å². The molecule has 0 aliphatic rings. The molecule has 2 aromatic rings. The lowest BCUT2D eigenvalue weighted by Crippen LogP contribution is -2.11. The van der Waals surface area contributed by atoms with Crippen LogP contribution in [0.4, 0.5) is 0 Å². The summed E-state index contributed by atoms with van der Waals surface area (Å²) in [4.78, 5) is 26.4. The fourth-order valence-corrected chi connectivity index (χ4v) is 1.95. The van der Waals surface area contributed by atoms with Crippen LogP contribution in [0.3, 0.4) is 0 Å². The Labute approximate surface area is 115 Å². The van der Waals surface area contributed by atoms with Crippen molar-refractivity contribution in [2.24, 2.45) is 0 Å². The highest BCUT2D eigenvalue weighted by Gasteiger charge is 2.12. The number of H-pyrrole nitrogens is 1. The minimum atomic E-state index is -0.424. The van der Waals surface area contributed by atoms with Crippen molar-refractivity contribution in [3.63, 3.8) is 0 Å². The summed E-state index contributed by atoms with van der Waals surface area (Å²) in [6, 6.07) is 4.66. The van der Waals surface area contributed by atoms with Gasteiger partial charge in [-0.25, -0.2) is 0 Å². The number of methoxy groups -OCH3 is 3. The third-order valence-corrected chi connectivity index (χ3v) is 2.95. The van der Waals surface area contributed by atoms with Crippen molar-refractivity contribution in [2.45, 2.75) is 6.42 Å². The minimum absolute atomic E-state index is 0.00311. The van der Waals surface area contributed by atoms with Crippen LogP contribution in [0, 0.1) is 0 Å². The molecule has 0 bridgehead atoms. The van der Waals surface area contributed by atoms with Crippen LogP contribution < -0.4 is 14.9 Å². The Hall–Kier alpha value is -2.50. The van der Waals surface area contributed by atoms with E-state index in [-0.39, 0.29) is 11.8 Å². The number of aromatic amines is 1. The molecule has 0 amide bonds. The number of rotatable bonds is 4. The molecular formula is C14H15NO5. The molecule has 0 atom stereocenters. The first kappa shape index (κ1) is 13.9. The summed E-state index contributed by atoms with van der Waals surface area (Å²) in [6.45, 7) is 0. The van der Waals surface area contributed by atoms with Gasteiger partial charge in [-0.15, -0.1) is 0 Å². The van der Waals surface area contributed by atoms with E-state index >= 15 is 0 Å². The Bertz CT molecular complexity index is 705. The standard InChI is InChI=1S/C14H15NO5/c1-18-9-6-10-11(16)4-8(5-13(17)20-3)15-14(10)12(7-9)19-2/h4,6-7H,5H2,1-3H3,(H,15,16). The fraction of sp³-hybridized carbons (Fsp3) is 0.286. The second-order valence-electron chi connectivity index (χ2n) is 4.16. The maximum Gasteiger partial charge on any atom is 0.311 e. The van der Waals surface area contributed by atoms with Gasteiger partial charge >= 0.3 is 5.97 Å². The average Bonchev–Trinajstić information content (AvgIpc) is 2.46. The van der Waals surface area contributed by atoms with Crippen molar-refractivity contribution >= 4 is 16.9 Å². The Kier molecular flexibility index (Phi) is 3.93. The Morgan fingerprint density at radius 1 is 1.15 bits per heavy atom. The van der Waals surface area contributed by atoms with Crippen LogP contribution in [0.1, 0.15) is 5.69 Å². The molecule has 106 valence electrons. The van der Waals surface area contributed by atoms with Gasteiger partial charge in [0.2, 0.25) is 0 Å². The van der Waals surface area contributed by atoms with E-state index in [0.29, 0.717) is 28.1 Å². The molecule has 20 heavy (non-hydrogen) atoms. The molecule has 0 spiro atoms. The Morgan fingerprint density at radius 3 is 2.50 bits per heavy atom. The molecule has 2 rings (SSSR count). The van der Waals surface area contributed by atoms with Crippen molar-refractivity contribution in [2.75, 3.05) is 21.3 Å². The predicted octanol–water partition coefficient (Wildman–Crippen LogP) is 1.26. The lowest BCUT2D eigenvalue weighted by atomic mass is 10.1. The second-order valence-corrected chi connectivity index (χ2v) is 4.16. The molecule has 1 heterocycles. The highest BCUT2D eigenvalue weighted by molar-refractivity contribution is 5.86. The molecule has 0 radical (unpaired) electrons. The number of esters is 1. The van der Waals surface area contributed by atoms with Gasteiger partial charge in [0.15, 0.2) is 5.43 Å². The normalized spacial score (nSPS) is 10.3. The Morgan fingerprint density at radius 2 is 1.90 bits per heavy atom. The van der Waals surface area contributed by atoms with Gasteiger partial charge in [-0.1, -0.05) is 0 Å². The number of hydrogen-bond donors (Lipinski definition) is 1. The van der Waals surface area contributed by atoms with E-state index in [1.165, 1.54) is 27.4 Å². The summed E-state index contributed by atoms with van der Waals surface area (Å²) in [7, 11) is 4.31. The Balaban J connectivity index is 2.64. The lowest BCUT2D eigenvalue weighted by molar-refractivity contribution is -0.139. The number of carbonyl (C=O) groups is 1. The summed E-state index contributed by atoms with van der Waals surface area (Å²) in [5.41, 5.74) is 0.785. The van der Waals surface area contributed by atoms with Crippen LogP contribution >= 0.6 is 0 Å². The molecule has 6 nitrogen and oxygen atoms in total. The number of pyridine rings is 1. The fourth-order valence-electron chi connectivity index (χ4n) is 1.95. The monoisotopic (exact) mass is 277 g/mol. The first-order chi connectivity index (χ1) is 9.58. The van der Waals surface area contributed by atoms with Crippen LogP contribution in [0.2, 0.25) is 0 Å². The van der Waals surface area contributed by atoms with Gasteiger partial charge in [-0.3, -0.25) is 9.59 Å². The zero-order chi connectivity index (χ0) is 14.7. The maximum atomic E-state index is 12.1. The van der Waals surface area contributed by atoms with Gasteiger partial charge in [0.1, 0.15) is 11.5 Å². The summed E-state index contributed by atoms with van der Waals surface area (Å²) in [5, 5.41) is 0.440. The number of nitrogens with one attached hydrogen (secondary N) is 1. The van der Waals surface area contributed by atoms with Crippen molar-refractivity contribution in [3.8, 4) is 11.5 Å². The maximum absolute atomic E-state index is 12.1. The van der Waals surface area contributed by atoms with Gasteiger partial charge in [0.25, 0.3) is 0 Å². The van der Waals surface area contributed by atoms with Crippen molar-refractivity contribution in [1.29, 1.82) is 0 Å². The summed E-state index contributed by atoms with van der Waals surface area (Å²) in [5.74, 6) is 0.580. The molecule has 0 saturated carbocycles. The third-order valence-electron chi connectivity index (χ3n) is 2.95. The number of fused-ring (bicyclic) bond motifs is 1. The molecule has 0 aliphatic heterocycles. The molecule has 0 unspecified atom stereocenters. The van der Waals surface area contributed by atoms with Crippen molar-refractivity contribution < 1.29 is 19.0 Å². The second kappa shape index (κ2) is 5.64. The largest absolute Gasteiger partial charge is 0.497 e. The molecule has 6 heteroatoms. The van der Waals surface area contributed by atoms with Gasteiger partial charge in [0.05, 0.1) is 38.7 Å². The van der Waals surface area contributed by atoms with Crippen LogP contribution in [0.5, 0.6) is 11.5 Å². The van der Waals surface area contributed by atoms with E-state index in [4.69, 9.17) is 9.47 Å². The van der Waals surface area contributed by atoms with Crippen LogP contribution in [-0.2, 0) is 16.0 Å². The lowest BCUT2D eigenvalue weighted by Gasteiger charge is -2.10. The number of benzene rings is 1. The van der Waals surface area contributed by atoms with E-state index in [0.717, 1.165) is 0 Å². The number of ether oxygens (including phenoxy) is 3. The van der Waals surface area contributed by atoms with Gasteiger partial charge in [0, 0.05) is 17.8 Å². The quantitative estimate of drug-likeness (QED) is 0.851. The highest BCUT2D eigenvalue weighted by atomic mass is 16.5. The van der Waals surface area contributed by atoms with Crippen molar-refractivity contribution in [1.82, 2.24) is 4.98 Å². The zero-order valence-corrected chi connectivity index (χ0v) is 11.5. The van der Waals surface area contributed by atoms with E-state index in [2.05, 4.69) is 9.72 Å². The number of aromatic nitrogens is 1. The smallest absolute Gasteiger partial charge is 0.311 e. The topological polar surface area (TPSA) is 77.6 Å².